The van der Waals surface area contributed by atoms with E-state index >= 15 is 0 Å². The van der Waals surface area contributed by atoms with E-state index in [9.17, 15) is 4.79 Å². The molecule has 0 aliphatic rings. The molecule has 2 N–H and O–H groups in total. The van der Waals surface area contributed by atoms with Crippen LogP contribution < -0.4 is 5.32 Å². The van der Waals surface area contributed by atoms with Crippen molar-refractivity contribution in [3.05, 3.63) is 67.0 Å². The third-order valence-corrected chi connectivity index (χ3v) is 4.12. The molecular weight excluding hydrogens is 332 g/mol. The van der Waals surface area contributed by atoms with Gasteiger partial charge in [0.1, 0.15) is 5.69 Å². The second-order valence-electron chi connectivity index (χ2n) is 5.78. The molecule has 0 saturated carbocycles. The van der Waals surface area contributed by atoms with Gasteiger partial charge in [-0.05, 0) is 24.3 Å². The quantitative estimate of drug-likeness (QED) is 0.524. The molecule has 0 atom stereocenters. The second-order valence-corrected chi connectivity index (χ2v) is 5.78. The van der Waals surface area contributed by atoms with Crippen molar-refractivity contribution in [2.75, 3.05) is 5.32 Å². The molecule has 4 aromatic heterocycles. The Morgan fingerprint density at radius 1 is 1.23 bits per heavy atom. The molecule has 0 spiro atoms. The van der Waals surface area contributed by atoms with Crippen molar-refractivity contribution in [1.82, 2.24) is 24.8 Å². The monoisotopic (exact) mass is 344 g/mol. The van der Waals surface area contributed by atoms with Crippen LogP contribution in [-0.2, 0) is 0 Å². The van der Waals surface area contributed by atoms with Gasteiger partial charge in [0.2, 0.25) is 0 Å². The second kappa shape index (κ2) is 5.55. The molecule has 5 rings (SSSR count). The molecule has 0 aliphatic carbocycles. The number of nitrogens with one attached hydrogen (secondary N) is 2. The van der Waals surface area contributed by atoms with E-state index in [-0.39, 0.29) is 5.91 Å². The average molecular weight is 344 g/mol. The summed E-state index contributed by atoms with van der Waals surface area (Å²) in [5, 5.41) is 15.2. The van der Waals surface area contributed by atoms with Crippen LogP contribution >= 0.6 is 0 Å². The van der Waals surface area contributed by atoms with Crippen LogP contribution in [0.5, 0.6) is 0 Å². The number of carbonyl (C=O) groups is 1. The number of aromatic nitrogens is 5. The maximum atomic E-state index is 12.5. The first-order valence-corrected chi connectivity index (χ1v) is 7.89. The van der Waals surface area contributed by atoms with Crippen LogP contribution in [0, 0.1) is 0 Å². The zero-order valence-corrected chi connectivity index (χ0v) is 13.4. The summed E-state index contributed by atoms with van der Waals surface area (Å²) in [7, 11) is 0. The smallest absolute Gasteiger partial charge is 0.258 e. The average Bonchev–Trinajstić information content (AvgIpc) is 3.40. The Labute approximate surface area is 146 Å². The molecule has 1 aromatic carbocycles. The van der Waals surface area contributed by atoms with Crippen LogP contribution in [0.2, 0.25) is 0 Å². The minimum Gasteiger partial charge on any atom is -0.472 e. The van der Waals surface area contributed by atoms with Crippen LogP contribution in [0.25, 0.3) is 27.8 Å². The van der Waals surface area contributed by atoms with E-state index in [0.29, 0.717) is 16.9 Å². The minimum atomic E-state index is -0.261. The predicted octanol–water partition coefficient (Wildman–Crippen LogP) is 3.12. The van der Waals surface area contributed by atoms with Crippen LogP contribution in [0.15, 0.2) is 65.9 Å². The Balaban J connectivity index is 1.48. The summed E-state index contributed by atoms with van der Waals surface area (Å²) >= 11 is 0. The number of hydrogen-bond acceptors (Lipinski definition) is 5. The van der Waals surface area contributed by atoms with Crippen molar-refractivity contribution in [2.24, 2.45) is 0 Å². The first-order valence-electron chi connectivity index (χ1n) is 7.89. The highest BCUT2D eigenvalue weighted by Gasteiger charge is 2.12. The van der Waals surface area contributed by atoms with Crippen LogP contribution in [0.4, 0.5) is 5.69 Å². The highest BCUT2D eigenvalue weighted by Crippen LogP contribution is 2.28. The number of benzene rings is 1. The van der Waals surface area contributed by atoms with Gasteiger partial charge < -0.3 is 9.73 Å². The van der Waals surface area contributed by atoms with E-state index in [1.807, 2.05) is 24.3 Å². The standard InChI is InChI=1S/C18H12N6O2/c25-18(12-8-19-16-3-5-20-24(16)9-12)21-13-1-2-15-14(7-13)17(23-22-15)11-4-6-26-10-11/h1-10H,(H,21,25)(H,22,23). The van der Waals surface area contributed by atoms with Crippen molar-refractivity contribution in [2.45, 2.75) is 0 Å². The first-order chi connectivity index (χ1) is 12.8. The molecule has 0 fully saturated rings. The summed E-state index contributed by atoms with van der Waals surface area (Å²) in [5.41, 5.74) is 4.28. The first kappa shape index (κ1) is 14.4. The molecule has 0 bridgehead atoms. The zero-order valence-electron chi connectivity index (χ0n) is 13.4. The number of carbonyl (C=O) groups excluding carboxylic acids is 1. The molecule has 8 nitrogen and oxygen atoms in total. The normalized spacial score (nSPS) is 11.2. The maximum Gasteiger partial charge on any atom is 0.258 e. The lowest BCUT2D eigenvalue weighted by atomic mass is 10.1. The van der Waals surface area contributed by atoms with Gasteiger partial charge in [0, 0.05) is 35.1 Å². The third-order valence-electron chi connectivity index (χ3n) is 4.12. The number of rotatable bonds is 3. The van der Waals surface area contributed by atoms with Gasteiger partial charge in [-0.25, -0.2) is 9.50 Å². The fraction of sp³-hybridized carbons (Fsp3) is 0. The highest BCUT2D eigenvalue weighted by atomic mass is 16.3. The number of furan rings is 1. The van der Waals surface area contributed by atoms with E-state index < -0.39 is 0 Å². The molecule has 8 heteroatoms. The topological polar surface area (TPSA) is 101 Å². The van der Waals surface area contributed by atoms with Gasteiger partial charge in [-0.3, -0.25) is 9.89 Å². The Morgan fingerprint density at radius 3 is 3.08 bits per heavy atom. The summed E-state index contributed by atoms with van der Waals surface area (Å²) in [6, 6.07) is 9.17. The summed E-state index contributed by atoms with van der Waals surface area (Å²) in [5.74, 6) is -0.261. The van der Waals surface area contributed by atoms with Gasteiger partial charge >= 0.3 is 0 Å². The van der Waals surface area contributed by atoms with Gasteiger partial charge in [0.25, 0.3) is 5.91 Å². The summed E-state index contributed by atoms with van der Waals surface area (Å²) in [6.45, 7) is 0. The van der Waals surface area contributed by atoms with Gasteiger partial charge in [-0.2, -0.15) is 10.2 Å². The number of hydrogen-bond donors (Lipinski definition) is 2. The Kier molecular flexibility index (Phi) is 3.08. The molecular formula is C18H12N6O2. The molecule has 126 valence electrons. The summed E-state index contributed by atoms with van der Waals surface area (Å²) in [4.78, 5) is 16.7. The Hall–Kier alpha value is -3.94. The Morgan fingerprint density at radius 2 is 2.19 bits per heavy atom. The number of aromatic amines is 1. The molecule has 5 aromatic rings. The predicted molar refractivity (Wildman–Crippen MR) is 94.7 cm³/mol. The highest BCUT2D eigenvalue weighted by molar-refractivity contribution is 6.05. The largest absolute Gasteiger partial charge is 0.472 e. The van der Waals surface area contributed by atoms with Gasteiger partial charge in [0.15, 0.2) is 5.65 Å². The van der Waals surface area contributed by atoms with Gasteiger partial charge in [-0.1, -0.05) is 0 Å². The van der Waals surface area contributed by atoms with Crippen LogP contribution in [0.1, 0.15) is 10.4 Å². The van der Waals surface area contributed by atoms with Crippen molar-refractivity contribution < 1.29 is 9.21 Å². The summed E-state index contributed by atoms with van der Waals surface area (Å²) in [6.07, 6.45) is 8.03. The van der Waals surface area contributed by atoms with E-state index in [4.69, 9.17) is 4.42 Å². The number of fused-ring (bicyclic) bond motifs is 2. The molecule has 0 unspecified atom stereocenters. The summed E-state index contributed by atoms with van der Waals surface area (Å²) < 4.78 is 6.69. The van der Waals surface area contributed by atoms with Crippen molar-refractivity contribution in [1.29, 1.82) is 0 Å². The van der Waals surface area contributed by atoms with Crippen molar-refractivity contribution >= 4 is 28.1 Å². The SMILES string of the molecule is O=C(Nc1ccc2[nH]nc(-c3ccoc3)c2c1)c1cnc2ccnn2c1. The molecule has 26 heavy (non-hydrogen) atoms. The molecule has 1 amide bonds. The third kappa shape index (κ3) is 2.32. The van der Waals surface area contributed by atoms with E-state index in [0.717, 1.165) is 22.2 Å². The molecule has 0 radical (unpaired) electrons. The van der Waals surface area contributed by atoms with E-state index in [1.54, 1.807) is 35.5 Å². The van der Waals surface area contributed by atoms with E-state index in [1.165, 1.54) is 6.20 Å². The molecule has 0 saturated heterocycles. The number of H-pyrrole nitrogens is 1. The van der Waals surface area contributed by atoms with Crippen molar-refractivity contribution in [3.8, 4) is 11.3 Å². The van der Waals surface area contributed by atoms with Gasteiger partial charge in [0.05, 0.1) is 29.8 Å². The van der Waals surface area contributed by atoms with Crippen molar-refractivity contribution in [3.63, 3.8) is 0 Å². The van der Waals surface area contributed by atoms with Crippen LogP contribution in [-0.4, -0.2) is 30.7 Å². The van der Waals surface area contributed by atoms with Crippen LogP contribution in [0.3, 0.4) is 0 Å². The number of nitrogens with zero attached hydrogens (tertiary/aromatic N) is 4. The lowest BCUT2D eigenvalue weighted by Gasteiger charge is -2.06. The molecule has 0 aliphatic heterocycles. The maximum absolute atomic E-state index is 12.5. The van der Waals surface area contributed by atoms with Gasteiger partial charge in [-0.15, -0.1) is 0 Å². The number of amides is 1. The number of anilines is 1. The van der Waals surface area contributed by atoms with E-state index in [2.05, 4.69) is 25.6 Å². The fourth-order valence-corrected chi connectivity index (χ4v) is 2.84. The lowest BCUT2D eigenvalue weighted by Crippen LogP contribution is -2.13. The lowest BCUT2D eigenvalue weighted by molar-refractivity contribution is 0.102. The zero-order chi connectivity index (χ0) is 17.5. The molecule has 4 heterocycles. The Bertz CT molecular complexity index is 1240. The fourth-order valence-electron chi connectivity index (χ4n) is 2.84. The minimum absolute atomic E-state index is 0.261.